The lowest BCUT2D eigenvalue weighted by Crippen LogP contribution is -2.57. The van der Waals surface area contributed by atoms with Crippen LogP contribution in [0.3, 0.4) is 0 Å². The second-order valence-corrected chi connectivity index (χ2v) is 12.2. The Morgan fingerprint density at radius 3 is 2.39 bits per heavy atom. The van der Waals surface area contributed by atoms with Crippen LogP contribution in [0.2, 0.25) is 0 Å². The van der Waals surface area contributed by atoms with Gasteiger partial charge in [0.15, 0.2) is 14.6 Å². The zero-order valence-corrected chi connectivity index (χ0v) is 20.2. The lowest BCUT2D eigenvalue weighted by Gasteiger charge is -2.39. The van der Waals surface area contributed by atoms with Gasteiger partial charge in [0.05, 0.1) is 15.6 Å². The van der Waals surface area contributed by atoms with Crippen LogP contribution in [-0.4, -0.2) is 60.0 Å². The molecule has 1 saturated carbocycles. The Morgan fingerprint density at radius 2 is 1.77 bits per heavy atom. The van der Waals surface area contributed by atoms with Gasteiger partial charge in [-0.15, -0.1) is 11.3 Å². The molecule has 0 atom stereocenters. The van der Waals surface area contributed by atoms with Crippen LogP contribution in [0.15, 0.2) is 28.5 Å². The largest absolute Gasteiger partial charge is 0.339 e. The van der Waals surface area contributed by atoms with E-state index in [1.165, 1.54) is 0 Å². The smallest absolute Gasteiger partial charge is 0.244 e. The van der Waals surface area contributed by atoms with Crippen molar-refractivity contribution in [1.82, 2.24) is 14.8 Å². The third-order valence-corrected chi connectivity index (χ3v) is 10.1. The Kier molecular flexibility index (Phi) is 6.25. The van der Waals surface area contributed by atoms with E-state index in [4.69, 9.17) is 0 Å². The number of sulfone groups is 1. The summed E-state index contributed by atoms with van der Waals surface area (Å²) in [6.07, 6.45) is 2.39. The van der Waals surface area contributed by atoms with Gasteiger partial charge in [-0.2, -0.15) is 0 Å². The van der Waals surface area contributed by atoms with Gasteiger partial charge in [-0.05, 0) is 50.8 Å². The number of rotatable bonds is 5. The Morgan fingerprint density at radius 1 is 1.10 bits per heavy atom. The summed E-state index contributed by atoms with van der Waals surface area (Å²) in [6, 6.07) is 5.49. The monoisotopic (exact) mass is 461 g/mol. The number of thiazole rings is 1. The van der Waals surface area contributed by atoms with E-state index in [2.05, 4.69) is 15.3 Å². The van der Waals surface area contributed by atoms with E-state index in [9.17, 15) is 13.2 Å². The lowest BCUT2D eigenvalue weighted by atomic mass is 10.0. The highest BCUT2D eigenvalue weighted by molar-refractivity contribution is 7.93. The molecule has 0 unspecified atom stereocenters. The molecule has 2 heterocycles. The van der Waals surface area contributed by atoms with Crippen molar-refractivity contribution in [2.45, 2.75) is 62.6 Å². The molecular formula is C23H31N3O3S2. The summed E-state index contributed by atoms with van der Waals surface area (Å²) >= 11 is 1.65. The van der Waals surface area contributed by atoms with Gasteiger partial charge < -0.3 is 4.90 Å². The molecule has 1 aliphatic heterocycles. The van der Waals surface area contributed by atoms with Crippen molar-refractivity contribution < 1.29 is 13.2 Å². The number of carbonyl (C=O) groups excluding carboxylic acids is 1. The molecule has 1 saturated heterocycles. The predicted octanol–water partition coefficient (Wildman–Crippen LogP) is 3.50. The van der Waals surface area contributed by atoms with Gasteiger partial charge >= 0.3 is 0 Å². The third kappa shape index (κ3) is 4.17. The molecular weight excluding hydrogens is 430 g/mol. The molecule has 1 amide bonds. The summed E-state index contributed by atoms with van der Waals surface area (Å²) < 4.78 is 26.4. The van der Waals surface area contributed by atoms with Crippen LogP contribution in [0.25, 0.3) is 0 Å². The summed E-state index contributed by atoms with van der Waals surface area (Å²) in [4.78, 5) is 22.7. The van der Waals surface area contributed by atoms with Crippen LogP contribution in [0.4, 0.5) is 0 Å². The standard InChI is InChI=1S/C23H31N3O3S2/c1-17-6-7-18(2)21(14-17)31(28,29)23(8-4-5-9-23)22(27)26-12-10-25(11-13-26)15-20-16-30-19(3)24-20/h6-7,14,16H,4-5,8-13,15H2,1-3H3. The Labute approximate surface area is 189 Å². The molecule has 0 N–H and O–H groups in total. The van der Waals surface area contributed by atoms with E-state index in [1.54, 1.807) is 22.3 Å². The highest BCUT2D eigenvalue weighted by Crippen LogP contribution is 2.43. The normalized spacial score (nSPS) is 19.6. The van der Waals surface area contributed by atoms with E-state index in [1.807, 2.05) is 32.9 Å². The molecule has 31 heavy (non-hydrogen) atoms. The van der Waals surface area contributed by atoms with Gasteiger partial charge in [-0.25, -0.2) is 13.4 Å². The van der Waals surface area contributed by atoms with Crippen molar-refractivity contribution in [1.29, 1.82) is 0 Å². The number of carbonyl (C=O) groups is 1. The number of hydrogen-bond donors (Lipinski definition) is 0. The third-order valence-electron chi connectivity index (χ3n) is 6.66. The summed E-state index contributed by atoms with van der Waals surface area (Å²) in [6.45, 7) is 9.09. The minimum absolute atomic E-state index is 0.199. The first-order chi connectivity index (χ1) is 14.7. The zero-order valence-electron chi connectivity index (χ0n) is 18.6. The van der Waals surface area contributed by atoms with Crippen molar-refractivity contribution in [3.63, 3.8) is 0 Å². The number of hydrogen-bond acceptors (Lipinski definition) is 6. The van der Waals surface area contributed by atoms with E-state index >= 15 is 0 Å². The van der Waals surface area contributed by atoms with Crippen LogP contribution in [0.1, 0.15) is 47.5 Å². The highest BCUT2D eigenvalue weighted by atomic mass is 32.2. The summed E-state index contributed by atoms with van der Waals surface area (Å²) in [5.41, 5.74) is 2.68. The molecule has 8 heteroatoms. The maximum atomic E-state index is 13.9. The number of piperazine rings is 1. The first kappa shape index (κ1) is 22.4. The van der Waals surface area contributed by atoms with Gasteiger partial charge in [-0.1, -0.05) is 25.0 Å². The highest BCUT2D eigenvalue weighted by Gasteiger charge is 2.55. The fourth-order valence-corrected chi connectivity index (χ4v) is 7.90. The lowest BCUT2D eigenvalue weighted by molar-refractivity contribution is -0.135. The molecule has 2 aliphatic rings. The molecule has 1 aromatic carbocycles. The van der Waals surface area contributed by atoms with Gasteiger partial charge in [0.25, 0.3) is 0 Å². The quantitative estimate of drug-likeness (QED) is 0.682. The van der Waals surface area contributed by atoms with Crippen molar-refractivity contribution >= 4 is 27.1 Å². The molecule has 0 bridgehead atoms. The summed E-state index contributed by atoms with van der Waals surface area (Å²) in [7, 11) is -3.77. The Balaban J connectivity index is 1.53. The Bertz CT molecular complexity index is 1060. The average molecular weight is 462 g/mol. The van der Waals surface area contributed by atoms with Crippen molar-refractivity contribution in [3.8, 4) is 0 Å². The van der Waals surface area contributed by atoms with Gasteiger partial charge in [0, 0.05) is 38.1 Å². The van der Waals surface area contributed by atoms with E-state index in [-0.39, 0.29) is 5.91 Å². The molecule has 2 fully saturated rings. The predicted molar refractivity (Wildman–Crippen MR) is 123 cm³/mol. The fourth-order valence-electron chi connectivity index (χ4n) is 4.86. The zero-order chi connectivity index (χ0) is 22.2. The van der Waals surface area contributed by atoms with Crippen molar-refractivity contribution in [2.24, 2.45) is 0 Å². The summed E-state index contributed by atoms with van der Waals surface area (Å²) in [5, 5.41) is 3.14. The molecule has 168 valence electrons. The van der Waals surface area contributed by atoms with Crippen LogP contribution < -0.4 is 0 Å². The number of amides is 1. The Hall–Kier alpha value is -1.77. The number of aromatic nitrogens is 1. The van der Waals surface area contributed by atoms with Gasteiger partial charge in [0.2, 0.25) is 5.91 Å². The fraction of sp³-hybridized carbons (Fsp3) is 0.565. The minimum Gasteiger partial charge on any atom is -0.339 e. The molecule has 4 rings (SSSR count). The van der Waals surface area contributed by atoms with Gasteiger partial charge in [-0.3, -0.25) is 9.69 Å². The van der Waals surface area contributed by atoms with Crippen LogP contribution >= 0.6 is 11.3 Å². The second-order valence-electron chi connectivity index (χ2n) is 8.90. The van der Waals surface area contributed by atoms with Crippen molar-refractivity contribution in [3.05, 3.63) is 45.4 Å². The molecule has 0 spiro atoms. The van der Waals surface area contributed by atoms with E-state index < -0.39 is 14.6 Å². The first-order valence-electron chi connectivity index (χ1n) is 11.0. The van der Waals surface area contributed by atoms with Crippen LogP contribution in [0.5, 0.6) is 0 Å². The second kappa shape index (κ2) is 8.64. The van der Waals surface area contributed by atoms with E-state index in [0.29, 0.717) is 36.4 Å². The average Bonchev–Trinajstić information content (AvgIpc) is 3.40. The SMILES string of the molecule is Cc1ccc(C)c(S(=O)(=O)C2(C(=O)N3CCN(Cc4csc(C)n4)CC3)CCCC2)c1. The van der Waals surface area contributed by atoms with Crippen molar-refractivity contribution in [2.75, 3.05) is 26.2 Å². The molecule has 0 radical (unpaired) electrons. The maximum absolute atomic E-state index is 13.9. The van der Waals surface area contributed by atoms with Crippen LogP contribution in [0, 0.1) is 20.8 Å². The maximum Gasteiger partial charge on any atom is 0.244 e. The topological polar surface area (TPSA) is 70.6 Å². The van der Waals surface area contributed by atoms with Crippen LogP contribution in [-0.2, 0) is 21.2 Å². The minimum atomic E-state index is -3.77. The number of aryl methyl sites for hydroxylation is 3. The number of benzene rings is 1. The van der Waals surface area contributed by atoms with E-state index in [0.717, 1.165) is 48.7 Å². The molecule has 1 aromatic heterocycles. The van der Waals surface area contributed by atoms with Gasteiger partial charge in [0.1, 0.15) is 0 Å². The molecule has 6 nitrogen and oxygen atoms in total. The molecule has 2 aromatic rings. The first-order valence-corrected chi connectivity index (χ1v) is 13.3. The summed E-state index contributed by atoms with van der Waals surface area (Å²) in [5.74, 6) is -0.199. The molecule has 1 aliphatic carbocycles. The number of nitrogens with zero attached hydrogens (tertiary/aromatic N) is 3.